The molecule has 1 heterocycles. The highest BCUT2D eigenvalue weighted by molar-refractivity contribution is 5.77. The molecule has 1 aliphatic rings. The van der Waals surface area contributed by atoms with Crippen LogP contribution in [0.15, 0.2) is 0 Å². The van der Waals surface area contributed by atoms with Gasteiger partial charge in [0.15, 0.2) is 0 Å². The Kier molecular flexibility index (Phi) is 7.23. The van der Waals surface area contributed by atoms with Crippen molar-refractivity contribution in [2.75, 3.05) is 32.8 Å². The molecule has 5 nitrogen and oxygen atoms in total. The van der Waals surface area contributed by atoms with E-state index in [1.54, 1.807) is 0 Å². The second-order valence-corrected chi connectivity index (χ2v) is 5.24. The minimum Gasteiger partial charge on any atom is -0.379 e. The van der Waals surface area contributed by atoms with E-state index in [0.717, 1.165) is 32.4 Å². The lowest BCUT2D eigenvalue weighted by atomic mass is 10.1. The van der Waals surface area contributed by atoms with Crippen molar-refractivity contribution in [3.63, 3.8) is 0 Å². The molecule has 0 spiro atoms. The molecule has 18 heavy (non-hydrogen) atoms. The second kappa shape index (κ2) is 8.45. The van der Waals surface area contributed by atoms with Crippen molar-refractivity contribution >= 4 is 5.91 Å². The molecular formula is C13H27N3O2. The van der Waals surface area contributed by atoms with Gasteiger partial charge in [-0.2, -0.15) is 0 Å². The second-order valence-electron chi connectivity index (χ2n) is 5.24. The van der Waals surface area contributed by atoms with Gasteiger partial charge in [0.25, 0.3) is 0 Å². The number of hydrogen-bond acceptors (Lipinski definition) is 4. The van der Waals surface area contributed by atoms with Crippen LogP contribution in [0.5, 0.6) is 0 Å². The Labute approximate surface area is 110 Å². The van der Waals surface area contributed by atoms with Gasteiger partial charge in [0, 0.05) is 32.3 Å². The van der Waals surface area contributed by atoms with Gasteiger partial charge in [0.05, 0.1) is 12.6 Å². The number of amides is 1. The highest BCUT2D eigenvalue weighted by Gasteiger charge is 2.17. The number of likely N-dealkylation sites (tertiary alicyclic amines) is 1. The molecule has 0 atom stereocenters. The van der Waals surface area contributed by atoms with Crippen LogP contribution in [-0.2, 0) is 9.53 Å². The molecule has 0 unspecified atom stereocenters. The van der Waals surface area contributed by atoms with E-state index in [-0.39, 0.29) is 12.0 Å². The minimum absolute atomic E-state index is 0.106. The summed E-state index contributed by atoms with van der Waals surface area (Å²) in [5.41, 5.74) is 5.82. The number of ether oxygens (including phenoxy) is 1. The summed E-state index contributed by atoms with van der Waals surface area (Å²) in [6.07, 6.45) is 3.12. The molecule has 0 radical (unpaired) electrons. The molecule has 1 fully saturated rings. The summed E-state index contributed by atoms with van der Waals surface area (Å²) in [5.74, 6) is 0.106. The molecule has 0 aromatic carbocycles. The zero-order chi connectivity index (χ0) is 13.4. The summed E-state index contributed by atoms with van der Waals surface area (Å²) < 4.78 is 5.41. The van der Waals surface area contributed by atoms with Crippen molar-refractivity contribution in [3.8, 4) is 0 Å². The summed E-state index contributed by atoms with van der Waals surface area (Å²) in [4.78, 5) is 13.8. The van der Waals surface area contributed by atoms with Gasteiger partial charge in [0.2, 0.25) is 5.91 Å². The van der Waals surface area contributed by atoms with Crippen LogP contribution in [0, 0.1) is 0 Å². The number of nitrogens with two attached hydrogens (primary N) is 1. The van der Waals surface area contributed by atoms with Gasteiger partial charge in [-0.1, -0.05) is 0 Å². The lowest BCUT2D eigenvalue weighted by Crippen LogP contribution is -2.44. The first kappa shape index (κ1) is 15.4. The Morgan fingerprint density at radius 1 is 1.44 bits per heavy atom. The number of carbonyl (C=O) groups is 1. The van der Waals surface area contributed by atoms with Gasteiger partial charge in [-0.15, -0.1) is 0 Å². The molecule has 1 saturated heterocycles. The predicted octanol–water partition coefficient (Wildman–Crippen LogP) is 0.341. The number of piperidine rings is 1. The maximum atomic E-state index is 11.7. The zero-order valence-corrected chi connectivity index (χ0v) is 11.7. The quantitative estimate of drug-likeness (QED) is 0.645. The van der Waals surface area contributed by atoms with Crippen LogP contribution in [0.1, 0.15) is 33.1 Å². The lowest BCUT2D eigenvalue weighted by Gasteiger charge is -2.29. The SMILES string of the molecule is CC(C)OCCCNC(=O)CN1CCC(N)CC1. The predicted molar refractivity (Wildman–Crippen MR) is 72.4 cm³/mol. The fourth-order valence-corrected chi connectivity index (χ4v) is 1.99. The van der Waals surface area contributed by atoms with Crippen molar-refractivity contribution in [3.05, 3.63) is 0 Å². The normalized spacial score (nSPS) is 18.2. The number of rotatable bonds is 7. The highest BCUT2D eigenvalue weighted by atomic mass is 16.5. The third-order valence-corrected chi connectivity index (χ3v) is 3.09. The van der Waals surface area contributed by atoms with E-state index < -0.39 is 0 Å². The zero-order valence-electron chi connectivity index (χ0n) is 11.7. The molecule has 1 aliphatic heterocycles. The molecule has 5 heteroatoms. The van der Waals surface area contributed by atoms with Gasteiger partial charge < -0.3 is 15.8 Å². The van der Waals surface area contributed by atoms with Crippen LogP contribution in [-0.4, -0.2) is 55.7 Å². The van der Waals surface area contributed by atoms with Gasteiger partial charge >= 0.3 is 0 Å². The number of nitrogens with one attached hydrogen (secondary N) is 1. The van der Waals surface area contributed by atoms with Crippen molar-refractivity contribution < 1.29 is 9.53 Å². The van der Waals surface area contributed by atoms with E-state index in [4.69, 9.17) is 10.5 Å². The average molecular weight is 257 g/mol. The third kappa shape index (κ3) is 6.93. The van der Waals surface area contributed by atoms with E-state index >= 15 is 0 Å². The van der Waals surface area contributed by atoms with E-state index in [2.05, 4.69) is 10.2 Å². The Balaban J connectivity index is 2.00. The highest BCUT2D eigenvalue weighted by Crippen LogP contribution is 2.07. The first-order chi connectivity index (χ1) is 8.58. The van der Waals surface area contributed by atoms with Crippen LogP contribution < -0.4 is 11.1 Å². The molecule has 1 amide bonds. The first-order valence-corrected chi connectivity index (χ1v) is 6.94. The summed E-state index contributed by atoms with van der Waals surface area (Å²) >= 11 is 0. The molecule has 0 aromatic rings. The molecule has 0 aliphatic carbocycles. The summed E-state index contributed by atoms with van der Waals surface area (Å²) in [6.45, 7) is 7.79. The van der Waals surface area contributed by atoms with Crippen molar-refractivity contribution in [1.29, 1.82) is 0 Å². The standard InChI is InChI=1S/C13H27N3O2/c1-11(2)18-9-3-6-15-13(17)10-16-7-4-12(14)5-8-16/h11-12H,3-10,14H2,1-2H3,(H,15,17). The van der Waals surface area contributed by atoms with Gasteiger partial charge in [-0.05, 0) is 33.1 Å². The van der Waals surface area contributed by atoms with Gasteiger partial charge in [-0.3, -0.25) is 9.69 Å². The van der Waals surface area contributed by atoms with E-state index in [9.17, 15) is 4.79 Å². The first-order valence-electron chi connectivity index (χ1n) is 6.94. The molecule has 0 saturated carbocycles. The Bertz CT molecular complexity index is 238. The van der Waals surface area contributed by atoms with Crippen LogP contribution in [0.4, 0.5) is 0 Å². The number of nitrogens with zero attached hydrogens (tertiary/aromatic N) is 1. The fraction of sp³-hybridized carbons (Fsp3) is 0.923. The smallest absolute Gasteiger partial charge is 0.234 e. The van der Waals surface area contributed by atoms with Gasteiger partial charge in [0.1, 0.15) is 0 Å². The van der Waals surface area contributed by atoms with Crippen molar-refractivity contribution in [2.45, 2.75) is 45.3 Å². The average Bonchev–Trinajstić information content (AvgIpc) is 2.31. The molecule has 106 valence electrons. The topological polar surface area (TPSA) is 67.6 Å². The fourth-order valence-electron chi connectivity index (χ4n) is 1.99. The summed E-state index contributed by atoms with van der Waals surface area (Å²) in [6, 6.07) is 0.317. The molecule has 3 N–H and O–H groups in total. The molecular weight excluding hydrogens is 230 g/mol. The van der Waals surface area contributed by atoms with Crippen molar-refractivity contribution in [2.24, 2.45) is 5.73 Å². The van der Waals surface area contributed by atoms with E-state index in [1.807, 2.05) is 13.8 Å². The summed E-state index contributed by atoms with van der Waals surface area (Å²) in [7, 11) is 0. The van der Waals surface area contributed by atoms with Crippen LogP contribution in [0.2, 0.25) is 0 Å². The molecule has 0 aromatic heterocycles. The molecule has 1 rings (SSSR count). The third-order valence-electron chi connectivity index (χ3n) is 3.09. The van der Waals surface area contributed by atoms with Crippen molar-refractivity contribution in [1.82, 2.24) is 10.2 Å². The largest absolute Gasteiger partial charge is 0.379 e. The Morgan fingerprint density at radius 2 is 2.11 bits per heavy atom. The number of hydrogen-bond donors (Lipinski definition) is 2. The maximum Gasteiger partial charge on any atom is 0.234 e. The minimum atomic E-state index is 0.106. The summed E-state index contributed by atoms with van der Waals surface area (Å²) in [5, 5.41) is 2.92. The lowest BCUT2D eigenvalue weighted by molar-refractivity contribution is -0.122. The van der Waals surface area contributed by atoms with Crippen LogP contribution in [0.25, 0.3) is 0 Å². The van der Waals surface area contributed by atoms with E-state index in [1.165, 1.54) is 0 Å². The Morgan fingerprint density at radius 3 is 2.72 bits per heavy atom. The van der Waals surface area contributed by atoms with E-state index in [0.29, 0.717) is 25.7 Å². The Hall–Kier alpha value is -0.650. The van der Waals surface area contributed by atoms with Crippen LogP contribution in [0.3, 0.4) is 0 Å². The molecule has 0 bridgehead atoms. The maximum absolute atomic E-state index is 11.7. The monoisotopic (exact) mass is 257 g/mol. The van der Waals surface area contributed by atoms with Crippen LogP contribution >= 0.6 is 0 Å². The number of carbonyl (C=O) groups excluding carboxylic acids is 1. The van der Waals surface area contributed by atoms with Gasteiger partial charge in [-0.25, -0.2) is 0 Å².